The monoisotopic (exact) mass is 429 g/mol. The van der Waals surface area contributed by atoms with Gasteiger partial charge in [-0.1, -0.05) is 24.3 Å². The molecule has 2 aromatic rings. The van der Waals surface area contributed by atoms with Crippen molar-refractivity contribution in [2.24, 2.45) is 0 Å². The molecule has 1 heterocycles. The van der Waals surface area contributed by atoms with E-state index in [0.29, 0.717) is 30.1 Å². The number of ether oxygens (including phenoxy) is 1. The first-order valence-corrected chi connectivity index (χ1v) is 9.21. The number of carbonyl (C=O) groups excluding carboxylic acids is 1. The van der Waals surface area contributed by atoms with Gasteiger partial charge in [-0.05, 0) is 41.8 Å². The summed E-state index contributed by atoms with van der Waals surface area (Å²) in [6.45, 7) is 0.328. The van der Waals surface area contributed by atoms with Gasteiger partial charge in [-0.2, -0.15) is 0 Å². The van der Waals surface area contributed by atoms with Crippen LogP contribution in [-0.2, 0) is 20.7 Å². The summed E-state index contributed by atoms with van der Waals surface area (Å²) in [7, 11) is 3.24. The SMILES string of the molecule is CNC(=N)c1ccc(N2CC(OC)=C(c3ccc(CCC(=O)O)cc3)C2=O)cc1.Cl. The number of rotatable bonds is 7. The van der Waals surface area contributed by atoms with Crippen LogP contribution < -0.4 is 10.2 Å². The average Bonchev–Trinajstić information content (AvgIpc) is 3.08. The number of amides is 1. The molecule has 0 spiro atoms. The molecule has 0 atom stereocenters. The summed E-state index contributed by atoms with van der Waals surface area (Å²) in [5.74, 6) is -0.100. The van der Waals surface area contributed by atoms with Gasteiger partial charge in [0.05, 0.1) is 19.2 Å². The van der Waals surface area contributed by atoms with Gasteiger partial charge in [0.2, 0.25) is 0 Å². The van der Waals surface area contributed by atoms with Crippen molar-refractivity contribution >= 4 is 41.4 Å². The lowest BCUT2D eigenvalue weighted by Crippen LogP contribution is -2.27. The summed E-state index contributed by atoms with van der Waals surface area (Å²) in [6, 6.07) is 14.5. The lowest BCUT2D eigenvalue weighted by molar-refractivity contribution is -0.137. The van der Waals surface area contributed by atoms with Gasteiger partial charge < -0.3 is 20.1 Å². The maximum atomic E-state index is 13.1. The van der Waals surface area contributed by atoms with Crippen LogP contribution in [0.4, 0.5) is 5.69 Å². The molecule has 7 nitrogen and oxygen atoms in total. The van der Waals surface area contributed by atoms with Crippen molar-refractivity contribution in [2.75, 3.05) is 25.6 Å². The number of methoxy groups -OCH3 is 1. The molecule has 1 aliphatic rings. The highest BCUT2D eigenvalue weighted by atomic mass is 35.5. The van der Waals surface area contributed by atoms with Gasteiger partial charge in [0.15, 0.2) is 0 Å². The Bertz CT molecular complexity index is 969. The molecule has 3 rings (SSSR count). The molecule has 0 aromatic heterocycles. The molecule has 1 aliphatic heterocycles. The summed E-state index contributed by atoms with van der Waals surface area (Å²) in [5.41, 5.74) is 3.61. The lowest BCUT2D eigenvalue weighted by atomic mass is 10.0. The topological polar surface area (TPSA) is 103 Å². The highest BCUT2D eigenvalue weighted by molar-refractivity contribution is 6.29. The molecule has 30 heavy (non-hydrogen) atoms. The van der Waals surface area contributed by atoms with Gasteiger partial charge in [-0.3, -0.25) is 15.0 Å². The third-order valence-corrected chi connectivity index (χ3v) is 4.87. The number of anilines is 1. The number of benzene rings is 2. The quantitative estimate of drug-likeness (QED) is 0.463. The molecule has 3 N–H and O–H groups in total. The van der Waals surface area contributed by atoms with E-state index >= 15 is 0 Å². The molecule has 0 fully saturated rings. The zero-order valence-corrected chi connectivity index (χ0v) is 17.6. The Morgan fingerprint density at radius 2 is 1.80 bits per heavy atom. The summed E-state index contributed by atoms with van der Waals surface area (Å²) in [5, 5.41) is 19.4. The van der Waals surface area contributed by atoms with Gasteiger partial charge in [-0.25, -0.2) is 0 Å². The second kappa shape index (κ2) is 9.93. The van der Waals surface area contributed by atoms with Crippen LogP contribution in [0.25, 0.3) is 5.57 Å². The zero-order chi connectivity index (χ0) is 21.0. The number of hydrogen-bond donors (Lipinski definition) is 3. The highest BCUT2D eigenvalue weighted by Crippen LogP contribution is 2.32. The number of nitrogens with zero attached hydrogens (tertiary/aromatic N) is 1. The number of hydrogen-bond acceptors (Lipinski definition) is 4. The molecule has 0 saturated heterocycles. The van der Waals surface area contributed by atoms with E-state index in [2.05, 4.69) is 5.32 Å². The second-order valence-electron chi connectivity index (χ2n) is 6.66. The normalized spacial score (nSPS) is 13.1. The van der Waals surface area contributed by atoms with Crippen molar-refractivity contribution < 1.29 is 19.4 Å². The number of nitrogens with one attached hydrogen (secondary N) is 2. The number of aryl methyl sites for hydroxylation is 1. The summed E-state index contributed by atoms with van der Waals surface area (Å²) >= 11 is 0. The smallest absolute Gasteiger partial charge is 0.303 e. The van der Waals surface area contributed by atoms with Crippen molar-refractivity contribution in [1.82, 2.24) is 5.32 Å². The van der Waals surface area contributed by atoms with E-state index in [9.17, 15) is 9.59 Å². The number of carboxylic acid groups (broad SMARTS) is 1. The van der Waals surface area contributed by atoms with Crippen LogP contribution in [0.3, 0.4) is 0 Å². The van der Waals surface area contributed by atoms with Crippen molar-refractivity contribution in [2.45, 2.75) is 12.8 Å². The number of amidine groups is 1. The minimum atomic E-state index is -0.837. The predicted octanol–water partition coefficient (Wildman–Crippen LogP) is 3.07. The van der Waals surface area contributed by atoms with Gasteiger partial charge in [-0.15, -0.1) is 12.4 Å². The molecule has 0 bridgehead atoms. The fourth-order valence-corrected chi connectivity index (χ4v) is 3.25. The zero-order valence-electron chi connectivity index (χ0n) is 16.8. The molecule has 0 aliphatic carbocycles. The van der Waals surface area contributed by atoms with E-state index in [1.54, 1.807) is 31.2 Å². The van der Waals surface area contributed by atoms with Crippen molar-refractivity contribution in [1.29, 1.82) is 5.41 Å². The van der Waals surface area contributed by atoms with Crippen LogP contribution >= 0.6 is 12.4 Å². The van der Waals surface area contributed by atoms with Crippen LogP contribution in [0.2, 0.25) is 0 Å². The molecule has 0 unspecified atom stereocenters. The fourth-order valence-electron chi connectivity index (χ4n) is 3.25. The van der Waals surface area contributed by atoms with E-state index in [-0.39, 0.29) is 24.7 Å². The molecule has 2 aromatic carbocycles. The summed E-state index contributed by atoms with van der Waals surface area (Å²) in [4.78, 5) is 25.5. The van der Waals surface area contributed by atoms with Crippen LogP contribution in [0.5, 0.6) is 0 Å². The second-order valence-corrected chi connectivity index (χ2v) is 6.66. The lowest BCUT2D eigenvalue weighted by Gasteiger charge is -2.17. The van der Waals surface area contributed by atoms with Crippen molar-refractivity contribution in [3.63, 3.8) is 0 Å². The molecular formula is C22H24ClN3O4. The average molecular weight is 430 g/mol. The molecule has 1 amide bonds. The maximum absolute atomic E-state index is 13.1. The summed E-state index contributed by atoms with van der Waals surface area (Å²) < 4.78 is 5.48. The summed E-state index contributed by atoms with van der Waals surface area (Å²) in [6.07, 6.45) is 0.513. The Kier molecular flexibility index (Phi) is 7.60. The molecule has 158 valence electrons. The van der Waals surface area contributed by atoms with Gasteiger partial charge in [0, 0.05) is 24.7 Å². The largest absolute Gasteiger partial charge is 0.498 e. The third-order valence-electron chi connectivity index (χ3n) is 4.87. The fraction of sp³-hybridized carbons (Fsp3) is 0.227. The molecule has 0 radical (unpaired) electrons. The van der Waals surface area contributed by atoms with E-state index in [1.807, 2.05) is 36.4 Å². The number of halogens is 1. The van der Waals surface area contributed by atoms with Crippen LogP contribution in [0, 0.1) is 5.41 Å². The first kappa shape index (κ1) is 23.0. The van der Waals surface area contributed by atoms with Crippen LogP contribution in [-0.4, -0.2) is 43.5 Å². The standard InChI is InChI=1S/C22H23N3O4.ClH/c1-24-21(23)16-8-10-17(11-9-16)25-13-18(29-2)20(22(25)28)15-6-3-14(4-7-15)5-12-19(26)27;/h3-4,6-11H,5,12-13H2,1-2H3,(H2,23,24)(H,26,27);1H. The molecule has 8 heteroatoms. The molecular weight excluding hydrogens is 406 g/mol. The molecule has 0 saturated carbocycles. The van der Waals surface area contributed by atoms with Gasteiger partial charge >= 0.3 is 5.97 Å². The van der Waals surface area contributed by atoms with Gasteiger partial charge in [0.1, 0.15) is 11.6 Å². The first-order valence-electron chi connectivity index (χ1n) is 9.21. The van der Waals surface area contributed by atoms with E-state index < -0.39 is 5.97 Å². The van der Waals surface area contributed by atoms with Crippen LogP contribution in [0.15, 0.2) is 54.3 Å². The van der Waals surface area contributed by atoms with Crippen molar-refractivity contribution in [3.05, 3.63) is 71.0 Å². The Morgan fingerprint density at radius 1 is 1.17 bits per heavy atom. The first-order chi connectivity index (χ1) is 13.9. The third kappa shape index (κ3) is 4.80. The Labute approximate surface area is 181 Å². The van der Waals surface area contributed by atoms with Crippen molar-refractivity contribution in [3.8, 4) is 0 Å². The Morgan fingerprint density at radius 3 is 2.33 bits per heavy atom. The Hall–Kier alpha value is -3.32. The Balaban J connectivity index is 0.00000320. The number of aliphatic carboxylic acids is 1. The number of carbonyl (C=O) groups is 2. The minimum absolute atomic E-state index is 0. The van der Waals surface area contributed by atoms with Gasteiger partial charge in [0.25, 0.3) is 5.91 Å². The highest BCUT2D eigenvalue weighted by Gasteiger charge is 2.33. The predicted molar refractivity (Wildman–Crippen MR) is 118 cm³/mol. The van der Waals surface area contributed by atoms with E-state index in [4.69, 9.17) is 15.3 Å². The van der Waals surface area contributed by atoms with E-state index in [0.717, 1.165) is 22.4 Å². The number of carboxylic acids is 1. The van der Waals surface area contributed by atoms with Crippen LogP contribution in [0.1, 0.15) is 23.1 Å². The van der Waals surface area contributed by atoms with E-state index in [1.165, 1.54) is 0 Å². The maximum Gasteiger partial charge on any atom is 0.303 e. The minimum Gasteiger partial charge on any atom is -0.498 e.